The zero-order chi connectivity index (χ0) is 27.0. The number of halogens is 5. The third kappa shape index (κ3) is 5.81. The first-order valence-electron chi connectivity index (χ1n) is 11.4. The fourth-order valence-corrected chi connectivity index (χ4v) is 4.38. The highest BCUT2D eigenvalue weighted by Gasteiger charge is 2.47. The molecule has 0 radical (unpaired) electrons. The maximum Gasteiger partial charge on any atom is 0.417 e. The number of aryl methyl sites for hydroxylation is 1. The van der Waals surface area contributed by atoms with Crippen molar-refractivity contribution in [1.82, 2.24) is 24.6 Å². The van der Waals surface area contributed by atoms with Crippen LogP contribution in [0.3, 0.4) is 0 Å². The standard InChI is InChI=1S/C24H25F5N6O2/c1-14-8-23(25,26)13-35(19(14)11-32-20-7-4-15(9-31-20)24(27,28)29)22(36)21-17(12-34(2)33-21)18-6-5-16(37-3)10-30-18/h4-7,9-10,12,14,19H,8,11,13H2,1-3H3,(H,31,32). The second-order valence-electron chi connectivity index (χ2n) is 9.00. The van der Waals surface area contributed by atoms with Crippen LogP contribution in [0.5, 0.6) is 5.75 Å². The molecule has 2 unspecified atom stereocenters. The Labute approximate surface area is 209 Å². The fourth-order valence-electron chi connectivity index (χ4n) is 4.38. The Hall–Kier alpha value is -3.77. The number of ether oxygens (including phenoxy) is 1. The number of rotatable bonds is 6. The minimum absolute atomic E-state index is 0.00427. The fraction of sp³-hybridized carbons (Fsp3) is 0.417. The van der Waals surface area contributed by atoms with Crippen molar-refractivity contribution in [3.8, 4) is 17.0 Å². The molecule has 1 saturated heterocycles. The van der Waals surface area contributed by atoms with Gasteiger partial charge in [-0.15, -0.1) is 0 Å². The van der Waals surface area contributed by atoms with Gasteiger partial charge in [-0.1, -0.05) is 6.92 Å². The number of hydrogen-bond donors (Lipinski definition) is 1. The molecule has 198 valence electrons. The van der Waals surface area contributed by atoms with Crippen molar-refractivity contribution in [2.45, 2.75) is 31.5 Å². The van der Waals surface area contributed by atoms with E-state index in [1.807, 2.05) is 0 Å². The van der Waals surface area contributed by atoms with E-state index >= 15 is 0 Å². The molecule has 1 aliphatic heterocycles. The van der Waals surface area contributed by atoms with Crippen molar-refractivity contribution in [1.29, 1.82) is 0 Å². The summed E-state index contributed by atoms with van der Waals surface area (Å²) in [6, 6.07) is 4.62. The topological polar surface area (TPSA) is 85.2 Å². The highest BCUT2D eigenvalue weighted by molar-refractivity contribution is 5.98. The van der Waals surface area contributed by atoms with Crippen LogP contribution in [0.2, 0.25) is 0 Å². The second-order valence-corrected chi connectivity index (χ2v) is 9.00. The Balaban J connectivity index is 1.60. The molecule has 8 nitrogen and oxygen atoms in total. The van der Waals surface area contributed by atoms with Crippen LogP contribution in [0, 0.1) is 5.92 Å². The Morgan fingerprint density at radius 3 is 2.54 bits per heavy atom. The number of alkyl halides is 5. The Morgan fingerprint density at radius 1 is 1.19 bits per heavy atom. The van der Waals surface area contributed by atoms with Crippen LogP contribution in [0.15, 0.2) is 42.9 Å². The van der Waals surface area contributed by atoms with Crippen LogP contribution in [0.4, 0.5) is 27.8 Å². The molecular weight excluding hydrogens is 499 g/mol. The summed E-state index contributed by atoms with van der Waals surface area (Å²) in [5.74, 6) is -3.81. The first kappa shape index (κ1) is 26.3. The number of likely N-dealkylation sites (tertiary alicyclic amines) is 1. The minimum Gasteiger partial charge on any atom is -0.495 e. The van der Waals surface area contributed by atoms with Crippen molar-refractivity contribution >= 4 is 11.7 Å². The van der Waals surface area contributed by atoms with Gasteiger partial charge in [0.1, 0.15) is 11.6 Å². The van der Waals surface area contributed by atoms with Gasteiger partial charge in [0, 0.05) is 32.4 Å². The van der Waals surface area contributed by atoms with E-state index in [-0.39, 0.29) is 18.1 Å². The Morgan fingerprint density at radius 2 is 1.95 bits per heavy atom. The van der Waals surface area contributed by atoms with Gasteiger partial charge >= 0.3 is 6.18 Å². The maximum absolute atomic E-state index is 14.6. The molecule has 0 saturated carbocycles. The number of hydrogen-bond acceptors (Lipinski definition) is 6. The van der Waals surface area contributed by atoms with E-state index in [0.29, 0.717) is 23.2 Å². The van der Waals surface area contributed by atoms with Crippen molar-refractivity contribution in [2.24, 2.45) is 13.0 Å². The van der Waals surface area contributed by atoms with Gasteiger partial charge in [0.05, 0.1) is 42.7 Å². The number of carbonyl (C=O) groups excluding carboxylic acids is 1. The first-order chi connectivity index (χ1) is 17.4. The average Bonchev–Trinajstić information content (AvgIpc) is 3.23. The van der Waals surface area contributed by atoms with E-state index in [1.165, 1.54) is 18.0 Å². The van der Waals surface area contributed by atoms with Gasteiger partial charge < -0.3 is 15.0 Å². The van der Waals surface area contributed by atoms with Gasteiger partial charge in [-0.05, 0) is 30.2 Å². The molecule has 1 fully saturated rings. The maximum atomic E-state index is 14.6. The number of pyridine rings is 2. The summed E-state index contributed by atoms with van der Waals surface area (Å²) >= 11 is 0. The molecule has 2 atom stereocenters. The monoisotopic (exact) mass is 524 g/mol. The smallest absolute Gasteiger partial charge is 0.417 e. The first-order valence-corrected chi connectivity index (χ1v) is 11.4. The molecule has 1 N–H and O–H groups in total. The van der Waals surface area contributed by atoms with Crippen LogP contribution in [0.25, 0.3) is 11.3 Å². The van der Waals surface area contributed by atoms with Crippen molar-refractivity contribution in [3.63, 3.8) is 0 Å². The molecule has 0 spiro atoms. The van der Waals surface area contributed by atoms with E-state index < -0.39 is 48.5 Å². The Bertz CT molecular complexity index is 1240. The van der Waals surface area contributed by atoms with E-state index in [0.717, 1.165) is 17.0 Å². The molecule has 3 aromatic heterocycles. The summed E-state index contributed by atoms with van der Waals surface area (Å²) in [7, 11) is 3.09. The van der Waals surface area contributed by atoms with Crippen LogP contribution in [-0.4, -0.2) is 62.7 Å². The third-order valence-electron chi connectivity index (χ3n) is 6.20. The van der Waals surface area contributed by atoms with Crippen molar-refractivity contribution < 1.29 is 31.5 Å². The summed E-state index contributed by atoms with van der Waals surface area (Å²) in [6.45, 7) is 0.781. The molecule has 1 aliphatic rings. The molecule has 3 aromatic rings. The predicted octanol–water partition coefficient (Wildman–Crippen LogP) is 4.50. The van der Waals surface area contributed by atoms with Crippen LogP contribution in [0.1, 0.15) is 29.4 Å². The number of carbonyl (C=O) groups is 1. The molecular formula is C24H25F5N6O2. The van der Waals surface area contributed by atoms with E-state index in [2.05, 4.69) is 20.4 Å². The Kier molecular flexibility index (Phi) is 7.07. The molecule has 4 heterocycles. The number of piperidine rings is 1. The number of anilines is 1. The predicted molar refractivity (Wildman–Crippen MR) is 124 cm³/mol. The average molecular weight is 524 g/mol. The van der Waals surface area contributed by atoms with Gasteiger partial charge in [-0.3, -0.25) is 14.5 Å². The molecule has 0 bridgehead atoms. The van der Waals surface area contributed by atoms with Gasteiger partial charge in [0.25, 0.3) is 11.8 Å². The van der Waals surface area contributed by atoms with E-state index in [4.69, 9.17) is 4.74 Å². The molecule has 0 aliphatic carbocycles. The quantitative estimate of drug-likeness (QED) is 0.478. The highest BCUT2D eigenvalue weighted by Crippen LogP contribution is 2.36. The van der Waals surface area contributed by atoms with Crippen LogP contribution < -0.4 is 10.1 Å². The van der Waals surface area contributed by atoms with E-state index in [9.17, 15) is 26.7 Å². The number of nitrogens with one attached hydrogen (secondary N) is 1. The van der Waals surface area contributed by atoms with Crippen LogP contribution in [-0.2, 0) is 13.2 Å². The number of methoxy groups -OCH3 is 1. The lowest BCUT2D eigenvalue weighted by Gasteiger charge is -2.43. The van der Waals surface area contributed by atoms with Gasteiger partial charge in [0.2, 0.25) is 0 Å². The molecule has 1 amide bonds. The SMILES string of the molecule is COc1ccc(-c2cn(C)nc2C(=O)N2CC(F)(F)CC(C)C2CNc2ccc(C(F)(F)F)cn2)nc1. The van der Waals surface area contributed by atoms with Gasteiger partial charge in [-0.2, -0.15) is 18.3 Å². The number of aromatic nitrogens is 4. The zero-order valence-corrected chi connectivity index (χ0v) is 20.3. The highest BCUT2D eigenvalue weighted by atomic mass is 19.4. The summed E-state index contributed by atoms with van der Waals surface area (Å²) in [5.41, 5.74) is -0.163. The molecule has 4 rings (SSSR count). The molecule has 0 aromatic carbocycles. The normalized spacial score (nSPS) is 19.5. The van der Waals surface area contributed by atoms with E-state index in [1.54, 1.807) is 32.3 Å². The summed E-state index contributed by atoms with van der Waals surface area (Å²) < 4.78 is 74.2. The van der Waals surface area contributed by atoms with Crippen molar-refractivity contribution in [2.75, 3.05) is 25.5 Å². The lowest BCUT2D eigenvalue weighted by Crippen LogP contribution is -2.57. The lowest BCUT2D eigenvalue weighted by atomic mass is 9.88. The molecule has 37 heavy (non-hydrogen) atoms. The number of amides is 1. The summed E-state index contributed by atoms with van der Waals surface area (Å²) in [5, 5.41) is 7.12. The third-order valence-corrected chi connectivity index (χ3v) is 6.20. The van der Waals surface area contributed by atoms with Crippen molar-refractivity contribution in [3.05, 3.63) is 54.1 Å². The van der Waals surface area contributed by atoms with Gasteiger partial charge in [-0.25, -0.2) is 13.8 Å². The zero-order valence-electron chi connectivity index (χ0n) is 20.3. The lowest BCUT2D eigenvalue weighted by molar-refractivity contribution is -0.137. The summed E-state index contributed by atoms with van der Waals surface area (Å²) in [6.07, 6.45) is -1.24. The van der Waals surface area contributed by atoms with Gasteiger partial charge in [0.15, 0.2) is 5.69 Å². The number of nitrogens with zero attached hydrogens (tertiary/aromatic N) is 5. The second kappa shape index (κ2) is 9.94. The van der Waals surface area contributed by atoms with Crippen LogP contribution >= 0.6 is 0 Å². The minimum atomic E-state index is -4.53. The molecule has 13 heteroatoms. The largest absolute Gasteiger partial charge is 0.495 e. The summed E-state index contributed by atoms with van der Waals surface area (Å²) in [4.78, 5) is 22.8.